The normalized spacial score (nSPS) is 30.7. The van der Waals surface area contributed by atoms with Crippen molar-refractivity contribution in [3.8, 4) is 0 Å². The number of carbonyl (C=O) groups is 1. The van der Waals surface area contributed by atoms with E-state index in [4.69, 9.17) is 9.47 Å². The maximum absolute atomic E-state index is 14.6. The van der Waals surface area contributed by atoms with E-state index in [1.807, 2.05) is 0 Å². The number of aliphatic hydroxyl groups is 4. The molecule has 1 heterocycles. The van der Waals surface area contributed by atoms with Crippen LogP contribution in [0.1, 0.15) is 25.3 Å². The van der Waals surface area contributed by atoms with E-state index < -0.39 is 64.8 Å². The molecule has 0 saturated carbocycles. The summed E-state index contributed by atoms with van der Waals surface area (Å²) < 4.78 is 25.1. The Labute approximate surface area is 152 Å². The van der Waals surface area contributed by atoms with Crippen molar-refractivity contribution in [1.82, 2.24) is 0 Å². The van der Waals surface area contributed by atoms with Gasteiger partial charge in [-0.2, -0.15) is 0 Å². The maximum Gasteiger partial charge on any atom is 0.308 e. The van der Waals surface area contributed by atoms with Gasteiger partial charge in [-0.05, 0) is 12.5 Å². The van der Waals surface area contributed by atoms with Crippen molar-refractivity contribution in [2.24, 2.45) is 0 Å². The number of carbonyl (C=O) groups excluding carboxylic acids is 1. The molecule has 1 aromatic rings. The largest absolute Gasteiger partial charge is 0.425 e. The fourth-order valence-corrected chi connectivity index (χ4v) is 2.83. The van der Waals surface area contributed by atoms with Crippen LogP contribution in [0.25, 0.3) is 0 Å². The molecule has 5 atom stereocenters. The molecule has 11 heteroatoms. The number of benzene rings is 1. The van der Waals surface area contributed by atoms with Gasteiger partial charge in [0.15, 0.2) is 6.10 Å². The number of rotatable bonds is 6. The number of nitrogens with zero attached hydrogens (tertiary/aromatic N) is 1. The number of aliphatic hydroxyl groups excluding tert-OH is 4. The smallest absolute Gasteiger partial charge is 0.308 e. The van der Waals surface area contributed by atoms with Gasteiger partial charge < -0.3 is 29.9 Å². The quantitative estimate of drug-likeness (QED) is 0.291. The van der Waals surface area contributed by atoms with Crippen LogP contribution >= 0.6 is 0 Å². The molecule has 1 aromatic carbocycles. The van der Waals surface area contributed by atoms with Crippen molar-refractivity contribution in [2.75, 3.05) is 6.61 Å². The summed E-state index contributed by atoms with van der Waals surface area (Å²) in [7, 11) is 0. The number of ether oxygens (including phenoxy) is 2. The molecule has 4 N–H and O–H groups in total. The third kappa shape index (κ3) is 3.92. The second kappa shape index (κ2) is 8.23. The predicted molar refractivity (Wildman–Crippen MR) is 85.7 cm³/mol. The molecule has 10 nitrogen and oxygen atoms in total. The molecule has 1 fully saturated rings. The highest BCUT2D eigenvalue weighted by molar-refractivity contribution is 5.70. The predicted octanol–water partition coefficient (Wildman–Crippen LogP) is -0.296. The molecule has 0 bridgehead atoms. The number of esters is 1. The van der Waals surface area contributed by atoms with E-state index in [9.17, 15) is 39.7 Å². The Hall–Kier alpha value is -2.18. The number of nitro benzene ring substituents is 1. The first-order chi connectivity index (χ1) is 12.7. The molecule has 0 aliphatic carbocycles. The third-order valence-electron chi connectivity index (χ3n) is 4.21. The molecule has 0 amide bonds. The monoisotopic (exact) mass is 389 g/mol. The van der Waals surface area contributed by atoms with Gasteiger partial charge in [0.1, 0.15) is 24.1 Å². The SMILES string of the molecule is CCCC(=O)O[C@]1(c2ccc([N+](=O)[O-])cc2F)O[C@H](CO)[C@@H](O)[C@H](O)[C@H]1O. The Morgan fingerprint density at radius 1 is 1.37 bits per heavy atom. The molecule has 150 valence electrons. The summed E-state index contributed by atoms with van der Waals surface area (Å²) in [5.74, 6) is -4.76. The zero-order valence-electron chi connectivity index (χ0n) is 14.3. The molecule has 0 spiro atoms. The molecule has 2 rings (SSSR count). The molecule has 1 aliphatic rings. The van der Waals surface area contributed by atoms with Crippen LogP contribution in [0.15, 0.2) is 18.2 Å². The molecule has 0 radical (unpaired) electrons. The highest BCUT2D eigenvalue weighted by Gasteiger charge is 2.58. The van der Waals surface area contributed by atoms with Gasteiger partial charge in [-0.15, -0.1) is 0 Å². The van der Waals surface area contributed by atoms with Crippen molar-refractivity contribution in [1.29, 1.82) is 0 Å². The van der Waals surface area contributed by atoms with Crippen molar-refractivity contribution >= 4 is 11.7 Å². The molecule has 0 aromatic heterocycles. The van der Waals surface area contributed by atoms with Gasteiger partial charge in [0.2, 0.25) is 0 Å². The molecule has 1 saturated heterocycles. The Morgan fingerprint density at radius 2 is 2.04 bits per heavy atom. The topological polar surface area (TPSA) is 160 Å². The van der Waals surface area contributed by atoms with E-state index >= 15 is 0 Å². The lowest BCUT2D eigenvalue weighted by Gasteiger charge is -2.47. The van der Waals surface area contributed by atoms with Crippen LogP contribution in [-0.4, -0.2) is 62.3 Å². The summed E-state index contributed by atoms with van der Waals surface area (Å²) >= 11 is 0. The average Bonchev–Trinajstić information content (AvgIpc) is 2.62. The molecular weight excluding hydrogens is 369 g/mol. The minimum absolute atomic E-state index is 0.130. The second-order valence-electron chi connectivity index (χ2n) is 6.08. The fraction of sp³-hybridized carbons (Fsp3) is 0.562. The van der Waals surface area contributed by atoms with Crippen LogP contribution in [0, 0.1) is 15.9 Å². The van der Waals surface area contributed by atoms with Crippen molar-refractivity contribution in [3.63, 3.8) is 0 Å². The van der Waals surface area contributed by atoms with Crippen LogP contribution in [0.5, 0.6) is 0 Å². The molecular formula is C16H20FNO9. The Kier molecular flexibility index (Phi) is 6.44. The minimum Gasteiger partial charge on any atom is -0.425 e. The lowest BCUT2D eigenvalue weighted by Crippen LogP contribution is -2.65. The van der Waals surface area contributed by atoms with Crippen molar-refractivity contribution < 1.29 is 44.0 Å². The Bertz CT molecular complexity index is 713. The van der Waals surface area contributed by atoms with Crippen LogP contribution < -0.4 is 0 Å². The van der Waals surface area contributed by atoms with E-state index in [2.05, 4.69) is 0 Å². The highest BCUT2D eigenvalue weighted by atomic mass is 19.1. The first-order valence-electron chi connectivity index (χ1n) is 8.17. The van der Waals surface area contributed by atoms with Gasteiger partial charge >= 0.3 is 5.97 Å². The summed E-state index contributed by atoms with van der Waals surface area (Å²) in [6, 6.07) is 2.30. The lowest BCUT2D eigenvalue weighted by molar-refractivity contribution is -0.385. The Morgan fingerprint density at radius 3 is 2.56 bits per heavy atom. The molecule has 1 aliphatic heterocycles. The summed E-state index contributed by atoms with van der Waals surface area (Å²) in [6.45, 7) is 0.820. The summed E-state index contributed by atoms with van der Waals surface area (Å²) in [4.78, 5) is 22.0. The number of halogens is 1. The molecule has 27 heavy (non-hydrogen) atoms. The number of hydrogen-bond acceptors (Lipinski definition) is 9. The van der Waals surface area contributed by atoms with Crippen LogP contribution in [-0.2, 0) is 20.1 Å². The zero-order chi connectivity index (χ0) is 20.4. The van der Waals surface area contributed by atoms with Gasteiger partial charge in [-0.3, -0.25) is 14.9 Å². The van der Waals surface area contributed by atoms with Gasteiger partial charge in [0.25, 0.3) is 11.5 Å². The Balaban J connectivity index is 2.60. The second-order valence-corrected chi connectivity index (χ2v) is 6.08. The standard InChI is InChI=1S/C16H20FNO9/c1-2-3-12(20)27-16(9-5-4-8(18(24)25)6-10(9)17)15(23)14(22)13(21)11(7-19)26-16/h4-6,11,13-15,19,21-23H,2-3,7H2,1H3/t11-,13-,14+,15-,16+/m1/s1. The van der Waals surface area contributed by atoms with Crippen molar-refractivity contribution in [3.05, 3.63) is 39.7 Å². The van der Waals surface area contributed by atoms with Gasteiger partial charge in [-0.1, -0.05) is 6.92 Å². The fourth-order valence-electron chi connectivity index (χ4n) is 2.83. The van der Waals surface area contributed by atoms with Gasteiger partial charge in [0.05, 0.1) is 23.2 Å². The first kappa shape index (κ1) is 21.1. The molecule has 0 unspecified atom stereocenters. The zero-order valence-corrected chi connectivity index (χ0v) is 14.3. The van der Waals surface area contributed by atoms with Crippen LogP contribution in [0.2, 0.25) is 0 Å². The summed E-state index contributed by atoms with van der Waals surface area (Å²) in [5.41, 5.74) is -1.20. The van der Waals surface area contributed by atoms with E-state index in [0.717, 1.165) is 12.1 Å². The number of nitro groups is 1. The van der Waals surface area contributed by atoms with E-state index in [1.165, 1.54) is 0 Å². The number of hydrogen-bond donors (Lipinski definition) is 4. The minimum atomic E-state index is -2.61. The van der Waals surface area contributed by atoms with E-state index in [0.29, 0.717) is 12.5 Å². The average molecular weight is 389 g/mol. The maximum atomic E-state index is 14.6. The lowest BCUT2D eigenvalue weighted by atomic mass is 9.87. The van der Waals surface area contributed by atoms with Crippen LogP contribution in [0.3, 0.4) is 0 Å². The van der Waals surface area contributed by atoms with E-state index in [1.54, 1.807) is 6.92 Å². The van der Waals surface area contributed by atoms with Crippen molar-refractivity contribution in [2.45, 2.75) is 50.0 Å². The first-order valence-corrected chi connectivity index (χ1v) is 8.17. The number of non-ortho nitro benzene ring substituents is 1. The third-order valence-corrected chi connectivity index (χ3v) is 4.21. The van der Waals surface area contributed by atoms with E-state index in [-0.39, 0.29) is 6.42 Å². The highest BCUT2D eigenvalue weighted by Crippen LogP contribution is 2.41. The van der Waals surface area contributed by atoms with Gasteiger partial charge in [-0.25, -0.2) is 4.39 Å². The van der Waals surface area contributed by atoms with Crippen LogP contribution in [0.4, 0.5) is 10.1 Å². The summed E-state index contributed by atoms with van der Waals surface area (Å²) in [5, 5.41) is 50.6. The summed E-state index contributed by atoms with van der Waals surface area (Å²) in [6.07, 6.45) is -7.14. The van der Waals surface area contributed by atoms with Gasteiger partial charge in [0, 0.05) is 12.5 Å².